The van der Waals surface area contributed by atoms with Crippen LogP contribution in [0.1, 0.15) is 43.3 Å². The van der Waals surface area contributed by atoms with Crippen LogP contribution in [0.4, 0.5) is 0 Å². The van der Waals surface area contributed by atoms with Crippen molar-refractivity contribution in [2.24, 2.45) is 0 Å². The molecule has 0 saturated carbocycles. The van der Waals surface area contributed by atoms with E-state index in [1.54, 1.807) is 11.3 Å². The summed E-state index contributed by atoms with van der Waals surface area (Å²) in [7, 11) is 0. The van der Waals surface area contributed by atoms with E-state index >= 15 is 0 Å². The zero-order chi connectivity index (χ0) is 14.2. The molecule has 0 amide bonds. The van der Waals surface area contributed by atoms with Crippen molar-refractivity contribution in [3.05, 3.63) is 34.3 Å². The van der Waals surface area contributed by atoms with Crippen LogP contribution < -0.4 is 5.32 Å². The molecule has 0 bridgehead atoms. The maximum absolute atomic E-state index is 4.34. The van der Waals surface area contributed by atoms with Crippen LogP contribution in [0.2, 0.25) is 0 Å². The Kier molecular flexibility index (Phi) is 3.61. The molecular formula is C16H21N3S. The maximum Gasteiger partial charge on any atom is 0.147 e. The topological polar surface area (TPSA) is 37.8 Å². The summed E-state index contributed by atoms with van der Waals surface area (Å²) in [5.74, 6) is 0. The number of rotatable bonds is 3. The lowest BCUT2D eigenvalue weighted by Crippen LogP contribution is -2.35. The quantitative estimate of drug-likeness (QED) is 0.937. The molecule has 1 aliphatic carbocycles. The number of fused-ring (bicyclic) bond motifs is 1. The minimum Gasteiger partial charge on any atom is -0.306 e. The average Bonchev–Trinajstić information content (AvgIpc) is 3.03. The van der Waals surface area contributed by atoms with Crippen LogP contribution >= 0.6 is 11.3 Å². The van der Waals surface area contributed by atoms with Crippen LogP contribution in [0.5, 0.6) is 0 Å². The highest BCUT2D eigenvalue weighted by atomic mass is 32.1. The van der Waals surface area contributed by atoms with Crippen molar-refractivity contribution in [1.29, 1.82) is 0 Å². The molecule has 1 aromatic heterocycles. The minimum absolute atomic E-state index is 0.111. The Balaban J connectivity index is 1.76. The van der Waals surface area contributed by atoms with Crippen molar-refractivity contribution >= 4 is 11.3 Å². The molecule has 0 unspecified atom stereocenters. The minimum atomic E-state index is 0.111. The van der Waals surface area contributed by atoms with E-state index in [1.165, 1.54) is 36.0 Å². The summed E-state index contributed by atoms with van der Waals surface area (Å²) in [6.07, 6.45) is 3.72. The van der Waals surface area contributed by atoms with E-state index in [0.29, 0.717) is 0 Å². The summed E-state index contributed by atoms with van der Waals surface area (Å²) in [6, 6.07) is 6.74. The highest BCUT2D eigenvalue weighted by Crippen LogP contribution is 2.29. The Morgan fingerprint density at radius 3 is 2.75 bits per heavy atom. The maximum atomic E-state index is 4.34. The second-order valence-corrected chi connectivity index (χ2v) is 7.50. The van der Waals surface area contributed by atoms with Gasteiger partial charge in [0.05, 0.1) is 6.54 Å². The van der Waals surface area contributed by atoms with Gasteiger partial charge in [-0.3, -0.25) is 0 Å². The molecule has 1 aromatic carbocycles. The Morgan fingerprint density at radius 1 is 1.15 bits per heavy atom. The molecule has 3 nitrogen and oxygen atoms in total. The predicted molar refractivity (Wildman–Crippen MR) is 84.0 cm³/mol. The number of nitrogens with one attached hydrogen (secondary N) is 1. The standard InChI is InChI=1S/C16H21N3S/c1-16(2,3)17-10-14-18-19-15(20-14)13-8-7-11-5-4-6-12(11)9-13/h7-9,17H,4-6,10H2,1-3H3. The largest absolute Gasteiger partial charge is 0.306 e. The summed E-state index contributed by atoms with van der Waals surface area (Å²) in [5, 5.41) is 14.2. The number of aromatic nitrogens is 2. The van der Waals surface area contributed by atoms with E-state index in [1.807, 2.05) is 0 Å². The molecule has 4 heteroatoms. The second-order valence-electron chi connectivity index (χ2n) is 6.44. The van der Waals surface area contributed by atoms with Gasteiger partial charge in [-0.2, -0.15) is 0 Å². The number of benzene rings is 1. The number of aryl methyl sites for hydroxylation is 2. The fourth-order valence-corrected chi connectivity index (χ4v) is 3.26. The molecule has 0 aliphatic heterocycles. The second kappa shape index (κ2) is 5.26. The number of hydrogen-bond donors (Lipinski definition) is 1. The van der Waals surface area contributed by atoms with Crippen molar-refractivity contribution in [2.45, 2.75) is 52.1 Å². The third-order valence-corrected chi connectivity index (χ3v) is 4.55. The van der Waals surface area contributed by atoms with Crippen LogP contribution in [-0.2, 0) is 19.4 Å². The lowest BCUT2D eigenvalue weighted by molar-refractivity contribution is 0.423. The number of hydrogen-bond acceptors (Lipinski definition) is 4. The van der Waals surface area contributed by atoms with Crippen LogP contribution in [0.25, 0.3) is 10.6 Å². The van der Waals surface area contributed by atoms with E-state index in [4.69, 9.17) is 0 Å². The summed E-state index contributed by atoms with van der Waals surface area (Å²) in [4.78, 5) is 0. The highest BCUT2D eigenvalue weighted by molar-refractivity contribution is 7.14. The average molecular weight is 287 g/mol. The molecule has 2 aromatic rings. The van der Waals surface area contributed by atoms with Crippen molar-refractivity contribution in [3.63, 3.8) is 0 Å². The molecule has 1 heterocycles. The third kappa shape index (κ3) is 3.07. The highest BCUT2D eigenvalue weighted by Gasteiger charge is 2.14. The lowest BCUT2D eigenvalue weighted by atomic mass is 10.1. The summed E-state index contributed by atoms with van der Waals surface area (Å²) in [6.45, 7) is 7.27. The van der Waals surface area contributed by atoms with E-state index in [-0.39, 0.29) is 5.54 Å². The van der Waals surface area contributed by atoms with E-state index in [2.05, 4.69) is 54.5 Å². The van der Waals surface area contributed by atoms with Gasteiger partial charge in [0.1, 0.15) is 10.0 Å². The van der Waals surface area contributed by atoms with Crippen molar-refractivity contribution < 1.29 is 0 Å². The smallest absolute Gasteiger partial charge is 0.147 e. The van der Waals surface area contributed by atoms with Gasteiger partial charge in [-0.15, -0.1) is 10.2 Å². The molecule has 0 radical (unpaired) electrons. The summed E-state index contributed by atoms with van der Waals surface area (Å²) < 4.78 is 0. The molecule has 106 valence electrons. The van der Waals surface area contributed by atoms with Gasteiger partial charge in [-0.25, -0.2) is 0 Å². The lowest BCUT2D eigenvalue weighted by Gasteiger charge is -2.19. The first-order valence-corrected chi connectivity index (χ1v) is 8.02. The van der Waals surface area contributed by atoms with Gasteiger partial charge < -0.3 is 5.32 Å². The van der Waals surface area contributed by atoms with Crippen LogP contribution in [0, 0.1) is 0 Å². The van der Waals surface area contributed by atoms with Crippen molar-refractivity contribution in [3.8, 4) is 10.6 Å². The van der Waals surface area contributed by atoms with E-state index in [0.717, 1.165) is 16.6 Å². The Hall–Kier alpha value is -1.26. The van der Waals surface area contributed by atoms with Gasteiger partial charge in [-0.05, 0) is 57.2 Å². The monoisotopic (exact) mass is 287 g/mol. The fourth-order valence-electron chi connectivity index (χ4n) is 2.49. The predicted octanol–water partition coefficient (Wildman–Crippen LogP) is 3.58. The molecule has 0 spiro atoms. The van der Waals surface area contributed by atoms with Gasteiger partial charge in [0, 0.05) is 11.1 Å². The molecule has 1 N–H and O–H groups in total. The first kappa shape index (κ1) is 13.7. The molecule has 0 saturated heterocycles. The molecule has 0 fully saturated rings. The normalized spacial score (nSPS) is 14.6. The zero-order valence-electron chi connectivity index (χ0n) is 12.4. The van der Waals surface area contributed by atoms with Gasteiger partial charge in [0.15, 0.2) is 0 Å². The molecule has 1 aliphatic rings. The Bertz CT molecular complexity index is 610. The molecule has 3 rings (SSSR count). The van der Waals surface area contributed by atoms with Crippen LogP contribution in [-0.4, -0.2) is 15.7 Å². The third-order valence-electron chi connectivity index (χ3n) is 3.58. The van der Waals surface area contributed by atoms with Crippen LogP contribution in [0.3, 0.4) is 0 Å². The van der Waals surface area contributed by atoms with Gasteiger partial charge in [0.2, 0.25) is 0 Å². The van der Waals surface area contributed by atoms with Crippen molar-refractivity contribution in [1.82, 2.24) is 15.5 Å². The first-order valence-electron chi connectivity index (χ1n) is 7.21. The van der Waals surface area contributed by atoms with Crippen molar-refractivity contribution in [2.75, 3.05) is 0 Å². The molecule has 0 atom stereocenters. The van der Waals surface area contributed by atoms with Gasteiger partial charge in [-0.1, -0.05) is 23.5 Å². The van der Waals surface area contributed by atoms with Gasteiger partial charge in [0.25, 0.3) is 0 Å². The van der Waals surface area contributed by atoms with Crippen LogP contribution in [0.15, 0.2) is 18.2 Å². The Labute approximate surface area is 124 Å². The fraction of sp³-hybridized carbons (Fsp3) is 0.500. The van der Waals surface area contributed by atoms with E-state index < -0.39 is 0 Å². The van der Waals surface area contributed by atoms with Gasteiger partial charge >= 0.3 is 0 Å². The molecular weight excluding hydrogens is 266 g/mol. The first-order chi connectivity index (χ1) is 9.51. The summed E-state index contributed by atoms with van der Waals surface area (Å²) >= 11 is 1.69. The number of nitrogens with zero attached hydrogens (tertiary/aromatic N) is 2. The summed E-state index contributed by atoms with van der Waals surface area (Å²) in [5.41, 5.74) is 4.32. The Morgan fingerprint density at radius 2 is 1.95 bits per heavy atom. The SMILES string of the molecule is CC(C)(C)NCc1nnc(-c2ccc3c(c2)CCC3)s1. The molecule has 20 heavy (non-hydrogen) atoms. The van der Waals surface area contributed by atoms with E-state index in [9.17, 15) is 0 Å². The zero-order valence-corrected chi connectivity index (χ0v) is 13.2.